The lowest BCUT2D eigenvalue weighted by molar-refractivity contribution is 0.426. The van der Waals surface area contributed by atoms with Gasteiger partial charge in [-0.25, -0.2) is 12.4 Å². The first kappa shape index (κ1) is 13.9. The van der Waals surface area contributed by atoms with Crippen LogP contribution in [0.15, 0.2) is 65.7 Å². The molecule has 1 aromatic heterocycles. The van der Waals surface area contributed by atoms with Crippen LogP contribution in [0.3, 0.4) is 0 Å². The van der Waals surface area contributed by atoms with Crippen molar-refractivity contribution in [1.29, 1.82) is 0 Å². The van der Waals surface area contributed by atoms with Gasteiger partial charge in [0.25, 0.3) is 10.0 Å². The molecule has 7 heteroatoms. The molecular weight excluding hydrogens is 289 g/mol. The standard InChI is InChI=1S/C14H12BNO4S/c17-15(18)13-8-4-5-11-9-10-16(14(11)13)21(19,20)12-6-2-1-3-7-12/h1-10,17-18H. The molecule has 3 aromatic rings. The Balaban J connectivity index is 2.31. The lowest BCUT2D eigenvalue weighted by atomic mass is 9.79. The zero-order chi connectivity index (χ0) is 15.0. The highest BCUT2D eigenvalue weighted by Gasteiger charge is 2.23. The monoisotopic (exact) mass is 301 g/mol. The minimum absolute atomic E-state index is 0.143. The van der Waals surface area contributed by atoms with Gasteiger partial charge in [-0.2, -0.15) is 0 Å². The summed E-state index contributed by atoms with van der Waals surface area (Å²) in [6.45, 7) is 0. The van der Waals surface area contributed by atoms with E-state index in [9.17, 15) is 18.5 Å². The first-order valence-electron chi connectivity index (χ1n) is 6.28. The summed E-state index contributed by atoms with van der Waals surface area (Å²) >= 11 is 0. The van der Waals surface area contributed by atoms with Gasteiger partial charge in [-0.1, -0.05) is 36.4 Å². The molecule has 106 valence electrons. The second-order valence-corrected chi connectivity index (χ2v) is 6.40. The van der Waals surface area contributed by atoms with Crippen LogP contribution < -0.4 is 5.46 Å². The van der Waals surface area contributed by atoms with Crippen molar-refractivity contribution >= 4 is 33.5 Å². The molecular formula is C14H12BNO4S. The van der Waals surface area contributed by atoms with Gasteiger partial charge in [-0.05, 0) is 18.2 Å². The Morgan fingerprint density at radius 2 is 1.62 bits per heavy atom. The molecule has 1 heterocycles. The Labute approximate surface area is 122 Å². The van der Waals surface area contributed by atoms with Gasteiger partial charge in [0.2, 0.25) is 0 Å². The molecule has 21 heavy (non-hydrogen) atoms. The molecule has 2 aromatic carbocycles. The van der Waals surface area contributed by atoms with Crippen molar-refractivity contribution in [3.63, 3.8) is 0 Å². The van der Waals surface area contributed by atoms with Crippen LogP contribution in [0.2, 0.25) is 0 Å². The number of benzene rings is 2. The Kier molecular flexibility index (Phi) is 3.33. The molecule has 3 rings (SSSR count). The maximum atomic E-state index is 12.7. The topological polar surface area (TPSA) is 79.5 Å². The van der Waals surface area contributed by atoms with Gasteiger partial charge in [0, 0.05) is 17.0 Å². The van der Waals surface area contributed by atoms with Crippen molar-refractivity contribution in [2.24, 2.45) is 0 Å². The normalized spacial score (nSPS) is 11.7. The van der Waals surface area contributed by atoms with E-state index in [2.05, 4.69) is 0 Å². The van der Waals surface area contributed by atoms with Gasteiger partial charge in [0.15, 0.2) is 0 Å². The van der Waals surface area contributed by atoms with E-state index < -0.39 is 17.1 Å². The molecule has 0 atom stereocenters. The molecule has 0 amide bonds. The molecule has 0 fully saturated rings. The Bertz CT molecular complexity index is 888. The molecule has 0 spiro atoms. The predicted octanol–water partition coefficient (Wildman–Crippen LogP) is 0.558. The first-order valence-corrected chi connectivity index (χ1v) is 7.72. The zero-order valence-corrected chi connectivity index (χ0v) is 11.7. The SMILES string of the molecule is O=S(=O)(c1ccccc1)n1ccc2cccc(B(O)O)c21. The molecule has 0 saturated carbocycles. The fourth-order valence-electron chi connectivity index (χ4n) is 2.31. The van der Waals surface area contributed by atoms with E-state index in [-0.39, 0.29) is 15.9 Å². The maximum absolute atomic E-state index is 12.7. The first-order chi connectivity index (χ1) is 10.0. The van der Waals surface area contributed by atoms with Gasteiger partial charge < -0.3 is 10.0 Å². The van der Waals surface area contributed by atoms with E-state index in [0.29, 0.717) is 5.39 Å². The van der Waals surface area contributed by atoms with Crippen LogP contribution >= 0.6 is 0 Å². The summed E-state index contributed by atoms with van der Waals surface area (Å²) in [5.41, 5.74) is 0.424. The number of rotatable bonds is 3. The van der Waals surface area contributed by atoms with Crippen molar-refractivity contribution in [1.82, 2.24) is 3.97 Å². The average Bonchev–Trinajstić information content (AvgIpc) is 2.92. The third kappa shape index (κ3) is 2.25. The molecule has 2 N–H and O–H groups in total. The number of fused-ring (bicyclic) bond motifs is 1. The number of nitrogens with zero attached hydrogens (tertiary/aromatic N) is 1. The van der Waals surface area contributed by atoms with E-state index in [1.165, 1.54) is 24.4 Å². The summed E-state index contributed by atoms with van der Waals surface area (Å²) in [4.78, 5) is 0.143. The van der Waals surface area contributed by atoms with Crippen LogP contribution in [0.1, 0.15) is 0 Å². The van der Waals surface area contributed by atoms with Gasteiger partial charge in [0.1, 0.15) is 0 Å². The second-order valence-electron chi connectivity index (χ2n) is 4.59. The van der Waals surface area contributed by atoms with Crippen molar-refractivity contribution in [3.8, 4) is 0 Å². The fraction of sp³-hybridized carbons (Fsp3) is 0. The Morgan fingerprint density at radius 1 is 0.905 bits per heavy atom. The van der Waals surface area contributed by atoms with Crippen LogP contribution in [-0.4, -0.2) is 29.6 Å². The lowest BCUT2D eigenvalue weighted by Gasteiger charge is -2.10. The number of aromatic nitrogens is 1. The fourth-order valence-corrected chi connectivity index (χ4v) is 3.71. The molecule has 0 bridgehead atoms. The summed E-state index contributed by atoms with van der Waals surface area (Å²) in [7, 11) is -5.53. The maximum Gasteiger partial charge on any atom is 0.490 e. The van der Waals surface area contributed by atoms with E-state index in [4.69, 9.17) is 0 Å². The van der Waals surface area contributed by atoms with Crippen LogP contribution in [0.4, 0.5) is 0 Å². The largest absolute Gasteiger partial charge is 0.490 e. The minimum Gasteiger partial charge on any atom is -0.423 e. The van der Waals surface area contributed by atoms with Crippen LogP contribution in [0, 0.1) is 0 Å². The predicted molar refractivity (Wildman–Crippen MR) is 80.8 cm³/mol. The van der Waals surface area contributed by atoms with Crippen molar-refractivity contribution in [2.45, 2.75) is 4.90 Å². The van der Waals surface area contributed by atoms with Crippen molar-refractivity contribution in [2.75, 3.05) is 0 Å². The van der Waals surface area contributed by atoms with Crippen molar-refractivity contribution in [3.05, 3.63) is 60.8 Å². The van der Waals surface area contributed by atoms with Gasteiger partial charge >= 0.3 is 7.12 Å². The second kappa shape index (κ2) is 5.03. The summed E-state index contributed by atoms with van der Waals surface area (Å²) < 4.78 is 26.4. The smallest absolute Gasteiger partial charge is 0.423 e. The van der Waals surface area contributed by atoms with Crippen LogP contribution in [-0.2, 0) is 10.0 Å². The van der Waals surface area contributed by atoms with E-state index >= 15 is 0 Å². The molecule has 0 saturated heterocycles. The van der Waals surface area contributed by atoms with Gasteiger partial charge in [-0.15, -0.1) is 0 Å². The van der Waals surface area contributed by atoms with Gasteiger partial charge in [-0.3, -0.25) is 0 Å². The number of para-hydroxylation sites is 1. The molecule has 5 nitrogen and oxygen atoms in total. The molecule has 0 radical (unpaired) electrons. The summed E-state index contributed by atoms with van der Waals surface area (Å²) in [5.74, 6) is 0. The summed E-state index contributed by atoms with van der Waals surface area (Å²) in [5, 5.41) is 19.5. The van der Waals surface area contributed by atoms with E-state index in [0.717, 1.165) is 3.97 Å². The van der Waals surface area contributed by atoms with Crippen molar-refractivity contribution < 1.29 is 18.5 Å². The third-order valence-electron chi connectivity index (χ3n) is 3.29. The zero-order valence-electron chi connectivity index (χ0n) is 10.9. The number of hydrogen-bond donors (Lipinski definition) is 2. The van der Waals surface area contributed by atoms with Gasteiger partial charge in [0.05, 0.1) is 10.4 Å². The highest BCUT2D eigenvalue weighted by molar-refractivity contribution is 7.90. The molecule has 0 unspecified atom stereocenters. The highest BCUT2D eigenvalue weighted by Crippen LogP contribution is 2.21. The van der Waals surface area contributed by atoms with E-state index in [1.54, 1.807) is 36.4 Å². The third-order valence-corrected chi connectivity index (χ3v) is 4.98. The molecule has 0 aliphatic rings. The van der Waals surface area contributed by atoms with Crippen LogP contribution in [0.5, 0.6) is 0 Å². The molecule has 0 aliphatic carbocycles. The molecule has 0 aliphatic heterocycles. The quantitative estimate of drug-likeness (QED) is 0.693. The average molecular weight is 301 g/mol. The van der Waals surface area contributed by atoms with Crippen LogP contribution in [0.25, 0.3) is 10.9 Å². The number of hydrogen-bond acceptors (Lipinski definition) is 4. The minimum atomic E-state index is -3.78. The highest BCUT2D eigenvalue weighted by atomic mass is 32.2. The summed E-state index contributed by atoms with van der Waals surface area (Å²) in [6.07, 6.45) is 1.42. The van der Waals surface area contributed by atoms with E-state index in [1.807, 2.05) is 0 Å². The summed E-state index contributed by atoms with van der Waals surface area (Å²) in [6, 6.07) is 14.5. The lowest BCUT2D eigenvalue weighted by Crippen LogP contribution is -2.32. The Hall–Kier alpha value is -2.09. The Morgan fingerprint density at radius 3 is 2.29 bits per heavy atom.